The van der Waals surface area contributed by atoms with E-state index in [4.69, 9.17) is 9.47 Å². The molecule has 0 aromatic rings. The molecule has 2 rings (SSSR count). The highest BCUT2D eigenvalue weighted by Crippen LogP contribution is 2.51. The number of hydrogen-bond donors (Lipinski definition) is 0. The summed E-state index contributed by atoms with van der Waals surface area (Å²) in [5.74, 6) is 2.17. The molecule has 0 heterocycles. The molecular weight excluding hydrogens is 192 g/mol. The van der Waals surface area contributed by atoms with Crippen molar-refractivity contribution in [2.24, 2.45) is 17.8 Å². The first-order valence-electron chi connectivity index (χ1n) is 5.87. The highest BCUT2D eigenvalue weighted by molar-refractivity contribution is 5.74. The van der Waals surface area contributed by atoms with Gasteiger partial charge in [-0.3, -0.25) is 0 Å². The van der Waals surface area contributed by atoms with Crippen molar-refractivity contribution >= 4 is 5.97 Å². The largest absolute Gasteiger partial charge is 0.467 e. The van der Waals surface area contributed by atoms with Gasteiger partial charge in [0.2, 0.25) is 0 Å². The number of carbonyl (C=O) groups excluding carboxylic acids is 1. The average molecular weight is 212 g/mol. The van der Waals surface area contributed by atoms with Crippen molar-refractivity contribution in [2.45, 2.75) is 38.2 Å². The predicted octanol–water partition coefficient (Wildman–Crippen LogP) is 2.00. The van der Waals surface area contributed by atoms with E-state index in [0.29, 0.717) is 5.92 Å². The third-order valence-electron chi connectivity index (χ3n) is 4.26. The quantitative estimate of drug-likeness (QED) is 0.669. The molecular formula is C12H20O3. The monoisotopic (exact) mass is 212 g/mol. The molecule has 0 aromatic carbocycles. The zero-order valence-electron chi connectivity index (χ0n) is 9.57. The second-order valence-corrected chi connectivity index (χ2v) is 4.82. The van der Waals surface area contributed by atoms with Gasteiger partial charge in [-0.25, -0.2) is 4.79 Å². The van der Waals surface area contributed by atoms with E-state index in [-0.39, 0.29) is 12.1 Å². The Morgan fingerprint density at radius 3 is 2.13 bits per heavy atom. The Morgan fingerprint density at radius 2 is 1.73 bits per heavy atom. The van der Waals surface area contributed by atoms with E-state index in [1.165, 1.54) is 32.8 Å². The molecule has 86 valence electrons. The number of ether oxygens (including phenoxy) is 2. The van der Waals surface area contributed by atoms with Crippen LogP contribution >= 0.6 is 0 Å². The van der Waals surface area contributed by atoms with Crippen LogP contribution in [0.5, 0.6) is 0 Å². The van der Waals surface area contributed by atoms with E-state index in [1.54, 1.807) is 7.11 Å². The minimum absolute atomic E-state index is 0.219. The van der Waals surface area contributed by atoms with Crippen LogP contribution < -0.4 is 0 Å². The van der Waals surface area contributed by atoms with Gasteiger partial charge in [-0.2, -0.15) is 0 Å². The number of carbonyl (C=O) groups is 1. The summed E-state index contributed by atoms with van der Waals surface area (Å²) in [6.45, 7) is 0. The molecule has 2 fully saturated rings. The van der Waals surface area contributed by atoms with Crippen molar-refractivity contribution in [1.82, 2.24) is 0 Å². The SMILES string of the molecule is COC(=O)C(CC1C2CCC1CC2)OC. The van der Waals surface area contributed by atoms with E-state index in [9.17, 15) is 4.79 Å². The Bertz CT molecular complexity index is 219. The molecule has 0 spiro atoms. The third kappa shape index (κ3) is 2.03. The van der Waals surface area contributed by atoms with Gasteiger partial charge < -0.3 is 9.47 Å². The summed E-state index contributed by atoms with van der Waals surface area (Å²) in [6.07, 6.45) is 5.93. The van der Waals surface area contributed by atoms with Crippen molar-refractivity contribution in [3.05, 3.63) is 0 Å². The number of esters is 1. The second-order valence-electron chi connectivity index (χ2n) is 4.82. The maximum atomic E-state index is 11.4. The lowest BCUT2D eigenvalue weighted by Gasteiger charge is -2.20. The summed E-state index contributed by atoms with van der Waals surface area (Å²) >= 11 is 0. The van der Waals surface area contributed by atoms with Crippen LogP contribution in [0.3, 0.4) is 0 Å². The second kappa shape index (κ2) is 4.52. The third-order valence-corrected chi connectivity index (χ3v) is 4.26. The van der Waals surface area contributed by atoms with Crippen molar-refractivity contribution in [1.29, 1.82) is 0 Å². The molecule has 0 aliphatic heterocycles. The zero-order valence-corrected chi connectivity index (χ0v) is 9.57. The maximum absolute atomic E-state index is 11.4. The lowest BCUT2D eigenvalue weighted by molar-refractivity contribution is -0.153. The van der Waals surface area contributed by atoms with E-state index >= 15 is 0 Å². The van der Waals surface area contributed by atoms with Crippen LogP contribution in [0.1, 0.15) is 32.1 Å². The van der Waals surface area contributed by atoms with Crippen molar-refractivity contribution < 1.29 is 14.3 Å². The van der Waals surface area contributed by atoms with Crippen LogP contribution in [-0.4, -0.2) is 26.3 Å². The van der Waals surface area contributed by atoms with Crippen molar-refractivity contribution in [3.63, 3.8) is 0 Å². The van der Waals surface area contributed by atoms with Crippen LogP contribution in [0.4, 0.5) is 0 Å². The Labute approximate surface area is 91.1 Å². The molecule has 15 heavy (non-hydrogen) atoms. The van der Waals surface area contributed by atoms with Crippen LogP contribution in [0.15, 0.2) is 0 Å². The molecule has 3 heteroatoms. The Morgan fingerprint density at radius 1 is 1.20 bits per heavy atom. The summed E-state index contributed by atoms with van der Waals surface area (Å²) in [4.78, 5) is 11.4. The molecule has 1 unspecified atom stereocenters. The number of rotatable bonds is 4. The standard InChI is InChI=1S/C12H20O3/c1-14-11(12(13)15-2)7-10-8-3-4-9(10)6-5-8/h8-11H,3-7H2,1-2H3. The molecule has 0 N–H and O–H groups in total. The van der Waals surface area contributed by atoms with Gasteiger partial charge in [0.1, 0.15) is 0 Å². The van der Waals surface area contributed by atoms with Gasteiger partial charge in [-0.1, -0.05) is 0 Å². The fourth-order valence-electron chi connectivity index (χ4n) is 3.44. The summed E-state index contributed by atoms with van der Waals surface area (Å²) in [5.41, 5.74) is 0. The molecule has 0 aromatic heterocycles. The number of methoxy groups -OCH3 is 2. The average Bonchev–Trinajstić information content (AvgIpc) is 2.84. The topological polar surface area (TPSA) is 35.5 Å². The highest BCUT2D eigenvalue weighted by atomic mass is 16.6. The first-order valence-corrected chi connectivity index (χ1v) is 5.87. The Hall–Kier alpha value is -0.570. The van der Waals surface area contributed by atoms with Gasteiger partial charge in [0.15, 0.2) is 6.10 Å². The fraction of sp³-hybridized carbons (Fsp3) is 0.917. The first-order chi connectivity index (χ1) is 7.26. The maximum Gasteiger partial charge on any atom is 0.334 e. The number of fused-ring (bicyclic) bond motifs is 2. The molecule has 2 saturated carbocycles. The smallest absolute Gasteiger partial charge is 0.334 e. The molecule has 0 radical (unpaired) electrons. The number of hydrogen-bond acceptors (Lipinski definition) is 3. The van der Waals surface area contributed by atoms with Crippen molar-refractivity contribution in [2.75, 3.05) is 14.2 Å². The predicted molar refractivity (Wildman–Crippen MR) is 56.4 cm³/mol. The lowest BCUT2D eigenvalue weighted by Crippen LogP contribution is -2.28. The van der Waals surface area contributed by atoms with Gasteiger partial charge in [0.25, 0.3) is 0 Å². The van der Waals surface area contributed by atoms with Crippen molar-refractivity contribution in [3.8, 4) is 0 Å². The summed E-state index contributed by atoms with van der Waals surface area (Å²) in [5, 5.41) is 0. The van der Waals surface area contributed by atoms with E-state index in [0.717, 1.165) is 18.3 Å². The molecule has 2 aliphatic rings. The van der Waals surface area contributed by atoms with E-state index < -0.39 is 0 Å². The minimum Gasteiger partial charge on any atom is -0.467 e. The zero-order chi connectivity index (χ0) is 10.8. The molecule has 0 saturated heterocycles. The van der Waals surface area contributed by atoms with Crippen LogP contribution in [-0.2, 0) is 14.3 Å². The Kier molecular flexibility index (Phi) is 3.29. The summed E-state index contributed by atoms with van der Waals surface area (Å²) in [7, 11) is 3.02. The van der Waals surface area contributed by atoms with Gasteiger partial charge >= 0.3 is 5.97 Å². The van der Waals surface area contributed by atoms with Gasteiger partial charge in [0.05, 0.1) is 7.11 Å². The lowest BCUT2D eigenvalue weighted by atomic mass is 9.91. The molecule has 2 aliphatic carbocycles. The Balaban J connectivity index is 1.92. The summed E-state index contributed by atoms with van der Waals surface area (Å²) < 4.78 is 9.96. The van der Waals surface area contributed by atoms with E-state index in [2.05, 4.69) is 0 Å². The molecule has 3 nitrogen and oxygen atoms in total. The van der Waals surface area contributed by atoms with Gasteiger partial charge in [-0.15, -0.1) is 0 Å². The molecule has 0 amide bonds. The van der Waals surface area contributed by atoms with Crippen LogP contribution in [0.2, 0.25) is 0 Å². The van der Waals surface area contributed by atoms with Gasteiger partial charge in [0, 0.05) is 7.11 Å². The molecule has 2 bridgehead atoms. The highest BCUT2D eigenvalue weighted by Gasteiger charge is 2.43. The molecule has 1 atom stereocenters. The normalized spacial score (nSPS) is 35.5. The van der Waals surface area contributed by atoms with Gasteiger partial charge in [-0.05, 0) is 49.9 Å². The van der Waals surface area contributed by atoms with Crippen LogP contribution in [0.25, 0.3) is 0 Å². The minimum atomic E-state index is -0.346. The van der Waals surface area contributed by atoms with E-state index in [1.807, 2.05) is 0 Å². The van der Waals surface area contributed by atoms with Crippen LogP contribution in [0, 0.1) is 17.8 Å². The first kappa shape index (κ1) is 10.9. The summed E-state index contributed by atoms with van der Waals surface area (Å²) in [6, 6.07) is 0. The fourth-order valence-corrected chi connectivity index (χ4v) is 3.44.